The van der Waals surface area contributed by atoms with Gasteiger partial charge in [0.1, 0.15) is 5.76 Å². The van der Waals surface area contributed by atoms with E-state index in [1.165, 1.54) is 7.11 Å². The van der Waals surface area contributed by atoms with E-state index in [4.69, 9.17) is 9.15 Å². The first-order valence-electron chi connectivity index (χ1n) is 6.76. The maximum atomic E-state index is 14.2. The van der Waals surface area contributed by atoms with Crippen molar-refractivity contribution in [1.82, 2.24) is 5.32 Å². The van der Waals surface area contributed by atoms with Crippen molar-refractivity contribution in [3.8, 4) is 5.75 Å². The van der Waals surface area contributed by atoms with Crippen molar-refractivity contribution in [2.24, 2.45) is 0 Å². The molecule has 2 aromatic rings. The molecule has 1 heterocycles. The summed E-state index contributed by atoms with van der Waals surface area (Å²) in [6.45, 7) is 4.80. The second kappa shape index (κ2) is 6.57. The molecule has 2 rings (SSSR count). The number of likely N-dealkylation sites (N-methyl/N-ethyl adjacent to an activating group) is 1. The fourth-order valence-corrected chi connectivity index (χ4v) is 2.34. The normalized spacial score (nSPS) is 12.4. The molecule has 0 bridgehead atoms. The number of aryl methyl sites for hydroxylation is 1. The Morgan fingerprint density at radius 3 is 2.75 bits per heavy atom. The average Bonchev–Trinajstić information content (AvgIpc) is 2.86. The summed E-state index contributed by atoms with van der Waals surface area (Å²) < 4.78 is 24.8. The molecule has 0 fully saturated rings. The van der Waals surface area contributed by atoms with Crippen LogP contribution in [0.4, 0.5) is 4.39 Å². The number of benzene rings is 1. The van der Waals surface area contributed by atoms with Crippen LogP contribution in [0.25, 0.3) is 0 Å². The van der Waals surface area contributed by atoms with Gasteiger partial charge in [0.2, 0.25) is 0 Å². The number of ether oxygens (including phenoxy) is 1. The zero-order valence-corrected chi connectivity index (χ0v) is 12.1. The van der Waals surface area contributed by atoms with Crippen molar-refractivity contribution in [2.45, 2.75) is 26.3 Å². The summed E-state index contributed by atoms with van der Waals surface area (Å²) in [4.78, 5) is 0. The molecule has 0 amide bonds. The molecule has 0 saturated heterocycles. The Morgan fingerprint density at radius 2 is 2.15 bits per heavy atom. The lowest BCUT2D eigenvalue weighted by atomic mass is 10.0. The van der Waals surface area contributed by atoms with Gasteiger partial charge in [-0.05, 0) is 43.1 Å². The van der Waals surface area contributed by atoms with Crippen molar-refractivity contribution in [3.63, 3.8) is 0 Å². The molecule has 0 aliphatic carbocycles. The van der Waals surface area contributed by atoms with Crippen LogP contribution in [0.1, 0.15) is 29.9 Å². The smallest absolute Gasteiger partial charge is 0.168 e. The Hall–Kier alpha value is -1.81. The topological polar surface area (TPSA) is 34.4 Å². The minimum atomic E-state index is -0.304. The number of furan rings is 1. The van der Waals surface area contributed by atoms with Crippen LogP contribution in [0.15, 0.2) is 34.9 Å². The van der Waals surface area contributed by atoms with Gasteiger partial charge in [-0.15, -0.1) is 0 Å². The molecule has 0 saturated carbocycles. The molecule has 1 aromatic carbocycles. The number of methoxy groups -OCH3 is 1. The SMILES string of the molecule is CCNC(Cc1cccc(OC)c1F)c1occc1C. The number of nitrogens with one attached hydrogen (secondary N) is 1. The van der Waals surface area contributed by atoms with Gasteiger partial charge in [0.15, 0.2) is 11.6 Å². The Kier molecular flexibility index (Phi) is 4.79. The van der Waals surface area contributed by atoms with Crippen molar-refractivity contribution in [2.75, 3.05) is 13.7 Å². The quantitative estimate of drug-likeness (QED) is 0.875. The summed E-state index contributed by atoms with van der Waals surface area (Å²) in [5.41, 5.74) is 1.69. The molecule has 0 spiro atoms. The van der Waals surface area contributed by atoms with Crippen LogP contribution in [-0.2, 0) is 6.42 Å². The van der Waals surface area contributed by atoms with E-state index in [2.05, 4.69) is 5.32 Å². The summed E-state index contributed by atoms with van der Waals surface area (Å²) in [5, 5.41) is 3.34. The van der Waals surface area contributed by atoms with Gasteiger partial charge in [-0.2, -0.15) is 0 Å². The molecular formula is C16H20FNO2. The van der Waals surface area contributed by atoms with Crippen LogP contribution in [0.3, 0.4) is 0 Å². The predicted octanol–water partition coefficient (Wildman–Crippen LogP) is 3.63. The summed E-state index contributed by atoms with van der Waals surface area (Å²) in [7, 11) is 1.47. The molecular weight excluding hydrogens is 257 g/mol. The molecule has 4 heteroatoms. The Balaban J connectivity index is 2.27. The largest absolute Gasteiger partial charge is 0.494 e. The molecule has 0 aliphatic rings. The number of hydrogen-bond donors (Lipinski definition) is 1. The predicted molar refractivity (Wildman–Crippen MR) is 76.5 cm³/mol. The lowest BCUT2D eigenvalue weighted by Crippen LogP contribution is -2.23. The zero-order chi connectivity index (χ0) is 14.5. The molecule has 20 heavy (non-hydrogen) atoms. The van der Waals surface area contributed by atoms with E-state index in [1.807, 2.05) is 19.9 Å². The standard InChI is InChI=1S/C16H20FNO2/c1-4-18-13(16-11(2)8-9-20-16)10-12-6-5-7-14(19-3)15(12)17/h5-9,13,18H,4,10H2,1-3H3. The van der Waals surface area contributed by atoms with E-state index in [-0.39, 0.29) is 17.6 Å². The third-order valence-electron chi connectivity index (χ3n) is 3.36. The van der Waals surface area contributed by atoms with Gasteiger partial charge >= 0.3 is 0 Å². The fourth-order valence-electron chi connectivity index (χ4n) is 2.34. The van der Waals surface area contributed by atoms with Gasteiger partial charge in [-0.3, -0.25) is 0 Å². The van der Waals surface area contributed by atoms with E-state index in [9.17, 15) is 4.39 Å². The minimum Gasteiger partial charge on any atom is -0.494 e. The Morgan fingerprint density at radius 1 is 1.35 bits per heavy atom. The van der Waals surface area contributed by atoms with Gasteiger partial charge < -0.3 is 14.5 Å². The monoisotopic (exact) mass is 277 g/mol. The Labute approximate surface area is 118 Å². The van der Waals surface area contributed by atoms with Gasteiger partial charge in [0, 0.05) is 0 Å². The third kappa shape index (κ3) is 3.02. The lowest BCUT2D eigenvalue weighted by molar-refractivity contribution is 0.378. The highest BCUT2D eigenvalue weighted by Gasteiger charge is 2.19. The fraction of sp³-hybridized carbons (Fsp3) is 0.375. The average molecular weight is 277 g/mol. The second-order valence-corrected chi connectivity index (χ2v) is 4.72. The van der Waals surface area contributed by atoms with Gasteiger partial charge in [-0.25, -0.2) is 4.39 Å². The van der Waals surface area contributed by atoms with E-state index in [1.54, 1.807) is 24.5 Å². The summed E-state index contributed by atoms with van der Waals surface area (Å²) >= 11 is 0. The van der Waals surface area contributed by atoms with Crippen molar-refractivity contribution in [1.29, 1.82) is 0 Å². The second-order valence-electron chi connectivity index (χ2n) is 4.72. The minimum absolute atomic E-state index is 0.0448. The van der Waals surface area contributed by atoms with Gasteiger partial charge in [-0.1, -0.05) is 19.1 Å². The van der Waals surface area contributed by atoms with E-state index in [0.717, 1.165) is 17.9 Å². The highest BCUT2D eigenvalue weighted by Crippen LogP contribution is 2.27. The van der Waals surface area contributed by atoms with E-state index >= 15 is 0 Å². The molecule has 0 radical (unpaired) electrons. The molecule has 1 atom stereocenters. The van der Waals surface area contributed by atoms with Crippen LogP contribution >= 0.6 is 0 Å². The van der Waals surface area contributed by atoms with Crippen molar-refractivity contribution >= 4 is 0 Å². The highest BCUT2D eigenvalue weighted by molar-refractivity contribution is 5.32. The third-order valence-corrected chi connectivity index (χ3v) is 3.36. The van der Waals surface area contributed by atoms with Crippen LogP contribution < -0.4 is 10.1 Å². The van der Waals surface area contributed by atoms with Crippen LogP contribution in [0.2, 0.25) is 0 Å². The van der Waals surface area contributed by atoms with Crippen molar-refractivity contribution < 1.29 is 13.5 Å². The summed E-state index contributed by atoms with van der Waals surface area (Å²) in [6, 6.07) is 7.08. The molecule has 1 unspecified atom stereocenters. The highest BCUT2D eigenvalue weighted by atomic mass is 19.1. The lowest BCUT2D eigenvalue weighted by Gasteiger charge is -2.17. The van der Waals surface area contributed by atoms with Crippen LogP contribution in [-0.4, -0.2) is 13.7 Å². The Bertz CT molecular complexity index is 565. The first-order chi connectivity index (χ1) is 9.67. The van der Waals surface area contributed by atoms with Crippen molar-refractivity contribution in [3.05, 3.63) is 53.2 Å². The molecule has 108 valence electrons. The number of halogens is 1. The van der Waals surface area contributed by atoms with Gasteiger partial charge in [0.05, 0.1) is 19.4 Å². The summed E-state index contributed by atoms with van der Waals surface area (Å²) in [6.07, 6.45) is 2.18. The first-order valence-corrected chi connectivity index (χ1v) is 6.76. The zero-order valence-electron chi connectivity index (χ0n) is 12.1. The van der Waals surface area contributed by atoms with E-state index in [0.29, 0.717) is 12.0 Å². The first kappa shape index (κ1) is 14.6. The maximum Gasteiger partial charge on any atom is 0.168 e. The molecule has 1 N–H and O–H groups in total. The maximum absolute atomic E-state index is 14.2. The van der Waals surface area contributed by atoms with Gasteiger partial charge in [0.25, 0.3) is 0 Å². The molecule has 3 nitrogen and oxygen atoms in total. The molecule has 1 aromatic heterocycles. The van der Waals surface area contributed by atoms with Crippen LogP contribution in [0.5, 0.6) is 5.75 Å². The van der Waals surface area contributed by atoms with Crippen LogP contribution in [0, 0.1) is 12.7 Å². The number of rotatable bonds is 6. The van der Waals surface area contributed by atoms with E-state index < -0.39 is 0 Å². The summed E-state index contributed by atoms with van der Waals surface area (Å²) in [5.74, 6) is 0.824. The number of hydrogen-bond acceptors (Lipinski definition) is 3. The molecule has 0 aliphatic heterocycles.